The lowest BCUT2D eigenvalue weighted by Gasteiger charge is -2.31. The standard InChI is InChI=1S/C25H24FN3O7/c1-3-25(34)17-7-20-21-15(10-29(20)22(31)16(17)11-36-23(25)32)14(9-27-24(33)35-5-4-30)13-6-12(2)18(26)8-19(13)28-21/h6-8,30,34H,3-5,9-11H2,1-2H3,(H,27,33)/t25-/m0/s1. The van der Waals surface area contributed by atoms with Crippen molar-refractivity contribution in [3.63, 3.8) is 0 Å². The zero-order chi connectivity index (χ0) is 25.8. The van der Waals surface area contributed by atoms with Crippen LogP contribution in [0.25, 0.3) is 22.3 Å². The molecule has 2 aliphatic heterocycles. The summed E-state index contributed by atoms with van der Waals surface area (Å²) < 4.78 is 25.9. The first kappa shape index (κ1) is 23.9. The van der Waals surface area contributed by atoms with Crippen molar-refractivity contribution in [3.05, 3.63) is 62.2 Å². The number of nitrogens with one attached hydrogen (secondary N) is 1. The number of cyclic esters (lactones) is 1. The Morgan fingerprint density at radius 1 is 1.31 bits per heavy atom. The Kier molecular flexibility index (Phi) is 5.76. The van der Waals surface area contributed by atoms with Crippen LogP contribution in [0.2, 0.25) is 0 Å². The zero-order valence-electron chi connectivity index (χ0n) is 19.7. The molecule has 0 fully saturated rings. The number of carbonyl (C=O) groups excluding carboxylic acids is 2. The van der Waals surface area contributed by atoms with E-state index in [2.05, 4.69) is 10.3 Å². The number of aromatic nitrogens is 2. The lowest BCUT2D eigenvalue weighted by molar-refractivity contribution is -0.172. The van der Waals surface area contributed by atoms with Gasteiger partial charge >= 0.3 is 12.1 Å². The molecule has 10 nitrogen and oxygen atoms in total. The Bertz CT molecular complexity index is 1500. The minimum Gasteiger partial charge on any atom is -0.458 e. The van der Waals surface area contributed by atoms with Gasteiger partial charge in [0.2, 0.25) is 0 Å². The quantitative estimate of drug-likeness (QED) is 0.354. The summed E-state index contributed by atoms with van der Waals surface area (Å²) in [6, 6.07) is 4.49. The Balaban J connectivity index is 1.71. The van der Waals surface area contributed by atoms with Crippen LogP contribution >= 0.6 is 0 Å². The maximum atomic E-state index is 14.5. The van der Waals surface area contributed by atoms with E-state index in [0.717, 1.165) is 0 Å². The SMILES string of the molecule is CC[C@@]1(O)C(=O)OCc2c1cc1n(c2=O)Cc2c-1nc1cc(F)c(C)cc1c2CNC(=O)OCCO. The van der Waals surface area contributed by atoms with Crippen LogP contribution in [-0.2, 0) is 39.6 Å². The third-order valence-electron chi connectivity index (χ3n) is 6.82. The number of benzene rings is 1. The van der Waals surface area contributed by atoms with Crippen LogP contribution in [0, 0.1) is 12.7 Å². The van der Waals surface area contributed by atoms with Gasteiger partial charge in [-0.1, -0.05) is 6.92 Å². The summed E-state index contributed by atoms with van der Waals surface area (Å²) in [7, 11) is 0. The fraction of sp³-hybridized carbons (Fsp3) is 0.360. The van der Waals surface area contributed by atoms with Crippen molar-refractivity contribution < 1.29 is 33.7 Å². The normalized spacial score (nSPS) is 17.9. The van der Waals surface area contributed by atoms with Gasteiger partial charge in [0.05, 0.1) is 35.6 Å². The zero-order valence-corrected chi connectivity index (χ0v) is 19.7. The van der Waals surface area contributed by atoms with E-state index in [0.29, 0.717) is 39.0 Å². The highest BCUT2D eigenvalue weighted by Gasteiger charge is 2.45. The van der Waals surface area contributed by atoms with Gasteiger partial charge in [-0.05, 0) is 36.6 Å². The van der Waals surface area contributed by atoms with Gasteiger partial charge in [-0.2, -0.15) is 0 Å². The van der Waals surface area contributed by atoms with Crippen molar-refractivity contribution in [2.24, 2.45) is 0 Å². The van der Waals surface area contributed by atoms with E-state index in [1.807, 2.05) is 0 Å². The molecule has 36 heavy (non-hydrogen) atoms. The molecular formula is C25H24FN3O7. The number of nitrogens with zero attached hydrogens (tertiary/aromatic N) is 2. The highest BCUT2D eigenvalue weighted by molar-refractivity contribution is 5.90. The summed E-state index contributed by atoms with van der Waals surface area (Å²) in [5.74, 6) is -1.28. The molecule has 0 saturated heterocycles. The van der Waals surface area contributed by atoms with E-state index < -0.39 is 29.0 Å². The molecular weight excluding hydrogens is 473 g/mol. The Hall–Kier alpha value is -3.83. The van der Waals surface area contributed by atoms with Gasteiger partial charge in [0.25, 0.3) is 5.56 Å². The first-order valence-corrected chi connectivity index (χ1v) is 11.5. The monoisotopic (exact) mass is 497 g/mol. The van der Waals surface area contributed by atoms with E-state index in [-0.39, 0.29) is 50.5 Å². The van der Waals surface area contributed by atoms with E-state index in [9.17, 15) is 23.9 Å². The van der Waals surface area contributed by atoms with E-state index in [4.69, 9.17) is 14.6 Å². The number of pyridine rings is 2. The topological polar surface area (TPSA) is 140 Å². The second kappa shape index (κ2) is 8.68. The molecule has 1 aromatic carbocycles. The van der Waals surface area contributed by atoms with Gasteiger partial charge in [0, 0.05) is 29.1 Å². The first-order valence-electron chi connectivity index (χ1n) is 11.5. The molecule has 3 N–H and O–H groups in total. The third-order valence-corrected chi connectivity index (χ3v) is 6.82. The predicted molar refractivity (Wildman–Crippen MR) is 124 cm³/mol. The minimum atomic E-state index is -1.97. The highest BCUT2D eigenvalue weighted by atomic mass is 19.1. The van der Waals surface area contributed by atoms with Crippen molar-refractivity contribution >= 4 is 23.0 Å². The van der Waals surface area contributed by atoms with Crippen LogP contribution in [0.3, 0.4) is 0 Å². The number of alkyl carbamates (subject to hydrolysis) is 1. The van der Waals surface area contributed by atoms with Gasteiger partial charge in [-0.15, -0.1) is 0 Å². The van der Waals surface area contributed by atoms with Crippen molar-refractivity contribution in [1.29, 1.82) is 0 Å². The molecule has 188 valence electrons. The lowest BCUT2D eigenvalue weighted by Crippen LogP contribution is -2.44. The number of esters is 1. The van der Waals surface area contributed by atoms with E-state index in [1.54, 1.807) is 26.0 Å². The van der Waals surface area contributed by atoms with Crippen LogP contribution in [0.1, 0.15) is 41.2 Å². The predicted octanol–water partition coefficient (Wildman–Crippen LogP) is 1.75. The summed E-state index contributed by atoms with van der Waals surface area (Å²) >= 11 is 0. The molecule has 0 aliphatic carbocycles. The number of hydrogen-bond donors (Lipinski definition) is 3. The smallest absolute Gasteiger partial charge is 0.407 e. The fourth-order valence-electron chi connectivity index (χ4n) is 4.84. The second-order valence-corrected chi connectivity index (χ2v) is 8.85. The number of carbonyl (C=O) groups is 2. The fourth-order valence-corrected chi connectivity index (χ4v) is 4.84. The molecule has 3 aromatic rings. The van der Waals surface area contributed by atoms with Gasteiger partial charge in [0.1, 0.15) is 19.0 Å². The number of ether oxygens (including phenoxy) is 2. The van der Waals surface area contributed by atoms with Crippen molar-refractivity contribution in [3.8, 4) is 11.4 Å². The maximum Gasteiger partial charge on any atom is 0.407 e. The summed E-state index contributed by atoms with van der Waals surface area (Å²) in [6.45, 7) is 2.61. The number of aliphatic hydroxyl groups is 2. The van der Waals surface area contributed by atoms with Crippen LogP contribution in [0.15, 0.2) is 23.0 Å². The van der Waals surface area contributed by atoms with Gasteiger partial charge in [-0.3, -0.25) is 4.79 Å². The summed E-state index contributed by atoms with van der Waals surface area (Å²) in [5.41, 5.74) is 0.718. The molecule has 0 radical (unpaired) electrons. The largest absolute Gasteiger partial charge is 0.458 e. The Morgan fingerprint density at radius 2 is 2.08 bits per heavy atom. The van der Waals surface area contributed by atoms with Crippen LogP contribution in [0.4, 0.5) is 9.18 Å². The molecule has 0 spiro atoms. The third kappa shape index (κ3) is 3.54. The molecule has 0 unspecified atom stereocenters. The highest BCUT2D eigenvalue weighted by Crippen LogP contribution is 2.40. The van der Waals surface area contributed by atoms with Gasteiger partial charge < -0.3 is 29.6 Å². The molecule has 2 aromatic heterocycles. The van der Waals surface area contributed by atoms with Crippen LogP contribution < -0.4 is 10.9 Å². The summed E-state index contributed by atoms with van der Waals surface area (Å²) in [4.78, 5) is 42.5. The molecule has 0 bridgehead atoms. The molecule has 11 heteroatoms. The number of hydrogen-bond acceptors (Lipinski definition) is 8. The van der Waals surface area contributed by atoms with Crippen molar-refractivity contribution in [1.82, 2.24) is 14.9 Å². The number of fused-ring (bicyclic) bond motifs is 5. The molecule has 4 heterocycles. The lowest BCUT2D eigenvalue weighted by atomic mass is 9.86. The first-order chi connectivity index (χ1) is 17.2. The number of halogens is 1. The van der Waals surface area contributed by atoms with Crippen molar-refractivity contribution in [2.45, 2.75) is 45.6 Å². The second-order valence-electron chi connectivity index (χ2n) is 8.85. The van der Waals surface area contributed by atoms with Gasteiger partial charge in [0.15, 0.2) is 5.60 Å². The molecule has 1 amide bonds. The van der Waals surface area contributed by atoms with E-state index >= 15 is 0 Å². The summed E-state index contributed by atoms with van der Waals surface area (Å²) in [5, 5.41) is 23.2. The minimum absolute atomic E-state index is 0.000362. The Morgan fingerprint density at radius 3 is 2.81 bits per heavy atom. The molecule has 1 atom stereocenters. The Labute approximate surface area is 204 Å². The van der Waals surface area contributed by atoms with Crippen molar-refractivity contribution in [2.75, 3.05) is 13.2 Å². The number of aryl methyl sites for hydroxylation is 1. The molecule has 5 rings (SSSR count). The van der Waals surface area contributed by atoms with Gasteiger partial charge in [-0.25, -0.2) is 19.0 Å². The molecule has 2 aliphatic rings. The summed E-state index contributed by atoms with van der Waals surface area (Å²) in [6.07, 6.45) is -0.733. The molecule has 0 saturated carbocycles. The average molecular weight is 497 g/mol. The number of aliphatic hydroxyl groups excluding tert-OH is 1. The number of rotatable bonds is 5. The number of amides is 1. The average Bonchev–Trinajstić information content (AvgIpc) is 3.22. The maximum absolute atomic E-state index is 14.5. The van der Waals surface area contributed by atoms with Crippen LogP contribution in [-0.4, -0.2) is 45.0 Å². The van der Waals surface area contributed by atoms with E-state index in [1.165, 1.54) is 10.6 Å². The van der Waals surface area contributed by atoms with Crippen LogP contribution in [0.5, 0.6) is 0 Å².